The Morgan fingerprint density at radius 2 is 2.09 bits per heavy atom. The van der Waals surface area contributed by atoms with Gasteiger partial charge in [-0.2, -0.15) is 0 Å². The number of benzene rings is 1. The molecule has 1 heterocycles. The maximum absolute atomic E-state index is 11.8. The highest BCUT2D eigenvalue weighted by Gasteiger charge is 2.33. The molecule has 1 aromatic carbocycles. The lowest BCUT2D eigenvalue weighted by atomic mass is 10.1. The quantitative estimate of drug-likeness (QED) is 0.708. The second kappa shape index (κ2) is 8.21. The van der Waals surface area contributed by atoms with Gasteiger partial charge in [0, 0.05) is 0 Å². The van der Waals surface area contributed by atoms with E-state index in [2.05, 4.69) is 5.32 Å². The molecule has 7 heteroatoms. The Kier molecular flexibility index (Phi) is 6.29. The maximum atomic E-state index is 11.8. The van der Waals surface area contributed by atoms with Crippen molar-refractivity contribution in [3.8, 4) is 11.5 Å². The molecular weight excluding hydrogens is 318 g/mol. The predicted octanol–water partition coefficient (Wildman–Crippen LogP) is 2.65. The smallest absolute Gasteiger partial charge is 0.286 e. The van der Waals surface area contributed by atoms with Gasteiger partial charge in [-0.05, 0) is 56.1 Å². The van der Waals surface area contributed by atoms with Gasteiger partial charge in [-0.1, -0.05) is 6.07 Å². The van der Waals surface area contributed by atoms with Crippen LogP contribution in [0.1, 0.15) is 37.5 Å². The van der Waals surface area contributed by atoms with Crippen molar-refractivity contribution in [2.75, 3.05) is 13.2 Å². The fourth-order valence-electron chi connectivity index (χ4n) is 2.21. The van der Waals surface area contributed by atoms with E-state index in [-0.39, 0.29) is 17.3 Å². The van der Waals surface area contributed by atoms with Crippen LogP contribution in [0.4, 0.5) is 4.79 Å². The van der Waals surface area contributed by atoms with E-state index < -0.39 is 5.25 Å². The third-order valence-corrected chi connectivity index (χ3v) is 4.32. The van der Waals surface area contributed by atoms with E-state index in [1.54, 1.807) is 25.1 Å². The van der Waals surface area contributed by atoms with Gasteiger partial charge in [0.25, 0.3) is 5.24 Å². The number of amides is 2. The largest absolute Gasteiger partial charge is 0.490 e. The van der Waals surface area contributed by atoms with E-state index in [0.717, 1.165) is 18.2 Å². The molecule has 1 fully saturated rings. The van der Waals surface area contributed by atoms with Gasteiger partial charge in [-0.25, -0.2) is 0 Å². The topological polar surface area (TPSA) is 84.9 Å². The van der Waals surface area contributed by atoms with Gasteiger partial charge in [0.1, 0.15) is 5.25 Å². The van der Waals surface area contributed by atoms with E-state index in [4.69, 9.17) is 9.47 Å². The minimum Gasteiger partial charge on any atom is -0.490 e. The summed E-state index contributed by atoms with van der Waals surface area (Å²) < 4.78 is 11.3. The summed E-state index contributed by atoms with van der Waals surface area (Å²) in [6.45, 7) is 4.55. The van der Waals surface area contributed by atoms with Crippen LogP contribution in [0.5, 0.6) is 11.5 Å². The summed E-state index contributed by atoms with van der Waals surface area (Å²) >= 11 is 0.960. The molecule has 0 bridgehead atoms. The van der Waals surface area contributed by atoms with Crippen LogP contribution in [0.25, 0.3) is 0 Å². The summed E-state index contributed by atoms with van der Waals surface area (Å²) in [4.78, 5) is 23.1. The van der Waals surface area contributed by atoms with Crippen molar-refractivity contribution in [2.45, 2.75) is 38.0 Å². The molecule has 1 aromatic rings. The molecule has 2 rings (SSSR count). The van der Waals surface area contributed by atoms with E-state index in [0.29, 0.717) is 36.7 Å². The van der Waals surface area contributed by atoms with E-state index >= 15 is 0 Å². The first-order valence-electron chi connectivity index (χ1n) is 7.60. The van der Waals surface area contributed by atoms with Crippen LogP contribution in [-0.2, 0) is 4.79 Å². The third kappa shape index (κ3) is 4.87. The molecule has 0 spiro atoms. The number of carbonyl (C=O) groups excluding carboxylic acids is 2. The van der Waals surface area contributed by atoms with Gasteiger partial charge in [-0.3, -0.25) is 14.9 Å². The maximum Gasteiger partial charge on any atom is 0.286 e. The normalized spacial score (nSPS) is 18.7. The Bertz CT molecular complexity index is 576. The number of hydrogen-bond donors (Lipinski definition) is 2. The minimum atomic E-state index is -0.550. The van der Waals surface area contributed by atoms with Crippen molar-refractivity contribution >= 4 is 22.9 Å². The second-order valence-electron chi connectivity index (χ2n) is 5.25. The molecule has 1 aliphatic heterocycles. The third-order valence-electron chi connectivity index (χ3n) is 3.28. The predicted molar refractivity (Wildman–Crippen MR) is 87.9 cm³/mol. The summed E-state index contributed by atoms with van der Waals surface area (Å²) in [5, 5.41) is 10.6. The Morgan fingerprint density at radius 1 is 1.30 bits per heavy atom. The molecule has 2 unspecified atom stereocenters. The monoisotopic (exact) mass is 339 g/mol. The molecule has 23 heavy (non-hydrogen) atoms. The van der Waals surface area contributed by atoms with Crippen LogP contribution in [-0.4, -0.2) is 35.6 Å². The first-order valence-corrected chi connectivity index (χ1v) is 8.48. The molecular formula is C16H21NO5S. The molecule has 0 radical (unpaired) electrons. The Balaban J connectivity index is 2.08. The van der Waals surface area contributed by atoms with Crippen molar-refractivity contribution in [3.05, 3.63) is 23.8 Å². The van der Waals surface area contributed by atoms with Crippen molar-refractivity contribution in [3.63, 3.8) is 0 Å². The molecule has 6 nitrogen and oxygen atoms in total. The van der Waals surface area contributed by atoms with Crippen LogP contribution in [0, 0.1) is 0 Å². The number of imide groups is 1. The fourth-order valence-corrected chi connectivity index (χ4v) is 3.03. The molecule has 0 saturated carbocycles. The standard InChI is InChI=1S/C16H21NO5S/c1-3-21-13-9-11(14-15(19)17-16(20)23-14)6-7-12(13)22-8-4-5-10(2)18/h6-7,9-10,14,18H,3-5,8H2,1-2H3,(H,17,19,20). The van der Waals surface area contributed by atoms with Crippen molar-refractivity contribution in [1.82, 2.24) is 5.32 Å². The lowest BCUT2D eigenvalue weighted by molar-refractivity contribution is -0.119. The van der Waals surface area contributed by atoms with Crippen LogP contribution in [0.15, 0.2) is 18.2 Å². The zero-order valence-corrected chi connectivity index (χ0v) is 14.0. The van der Waals surface area contributed by atoms with Gasteiger partial charge in [-0.15, -0.1) is 0 Å². The second-order valence-corrected chi connectivity index (χ2v) is 6.33. The van der Waals surface area contributed by atoms with Gasteiger partial charge in [0.05, 0.1) is 19.3 Å². The highest BCUT2D eigenvalue weighted by molar-refractivity contribution is 8.15. The van der Waals surface area contributed by atoms with Gasteiger partial charge >= 0.3 is 0 Å². The molecule has 2 atom stereocenters. The van der Waals surface area contributed by atoms with Crippen molar-refractivity contribution in [2.24, 2.45) is 0 Å². The summed E-state index contributed by atoms with van der Waals surface area (Å²) in [5.74, 6) is 0.832. The number of hydrogen-bond acceptors (Lipinski definition) is 6. The molecule has 0 aliphatic carbocycles. The number of ether oxygens (including phenoxy) is 2. The highest BCUT2D eigenvalue weighted by Crippen LogP contribution is 2.38. The zero-order chi connectivity index (χ0) is 16.8. The van der Waals surface area contributed by atoms with E-state index in [1.807, 2.05) is 6.92 Å². The number of carbonyl (C=O) groups is 2. The number of thioether (sulfide) groups is 1. The first kappa shape index (κ1) is 17.6. The molecule has 1 aliphatic rings. The number of nitrogens with one attached hydrogen (secondary N) is 1. The summed E-state index contributed by atoms with van der Waals surface area (Å²) in [6.07, 6.45) is 1.06. The Hall–Kier alpha value is -1.73. The van der Waals surface area contributed by atoms with Gasteiger partial charge in [0.2, 0.25) is 5.91 Å². The zero-order valence-electron chi connectivity index (χ0n) is 13.2. The van der Waals surface area contributed by atoms with Crippen LogP contribution in [0.3, 0.4) is 0 Å². The lowest BCUT2D eigenvalue weighted by Crippen LogP contribution is -2.20. The molecule has 126 valence electrons. The summed E-state index contributed by atoms with van der Waals surface area (Å²) in [6, 6.07) is 5.26. The number of rotatable bonds is 8. The van der Waals surface area contributed by atoms with E-state index in [1.165, 1.54) is 0 Å². The molecule has 1 saturated heterocycles. The highest BCUT2D eigenvalue weighted by atomic mass is 32.2. The van der Waals surface area contributed by atoms with Crippen LogP contribution in [0.2, 0.25) is 0 Å². The summed E-state index contributed by atoms with van der Waals surface area (Å²) in [7, 11) is 0. The average Bonchev–Trinajstić information content (AvgIpc) is 2.83. The fraction of sp³-hybridized carbons (Fsp3) is 0.500. The SMILES string of the molecule is CCOc1cc(C2SC(=O)NC2=O)ccc1OCCCC(C)O. The average molecular weight is 339 g/mol. The van der Waals surface area contributed by atoms with Gasteiger partial charge in [0.15, 0.2) is 11.5 Å². The first-order chi connectivity index (χ1) is 11.0. The van der Waals surface area contributed by atoms with E-state index in [9.17, 15) is 14.7 Å². The molecule has 2 N–H and O–H groups in total. The lowest BCUT2D eigenvalue weighted by Gasteiger charge is -2.15. The minimum absolute atomic E-state index is 0.312. The number of aliphatic hydroxyl groups is 1. The Labute approximate surface area is 139 Å². The van der Waals surface area contributed by atoms with Crippen LogP contribution >= 0.6 is 11.8 Å². The Morgan fingerprint density at radius 3 is 2.70 bits per heavy atom. The number of aliphatic hydroxyl groups excluding tert-OH is 1. The molecule has 2 amide bonds. The van der Waals surface area contributed by atoms with Crippen LogP contribution < -0.4 is 14.8 Å². The summed E-state index contributed by atoms with van der Waals surface area (Å²) in [5.41, 5.74) is 0.707. The van der Waals surface area contributed by atoms with Crippen molar-refractivity contribution in [1.29, 1.82) is 0 Å². The van der Waals surface area contributed by atoms with Crippen molar-refractivity contribution < 1.29 is 24.2 Å². The van der Waals surface area contributed by atoms with Gasteiger partial charge < -0.3 is 14.6 Å². The molecule has 0 aromatic heterocycles.